The first-order chi connectivity index (χ1) is 8.33. The average molecular weight is 234 g/mol. The second-order valence-electron chi connectivity index (χ2n) is 3.61. The lowest BCUT2D eigenvalue weighted by Crippen LogP contribution is -2.03. The van der Waals surface area contributed by atoms with E-state index in [1.54, 1.807) is 13.2 Å². The fourth-order valence-corrected chi connectivity index (χ4v) is 1.30. The highest BCUT2D eigenvalue weighted by molar-refractivity contribution is 5.86. The van der Waals surface area contributed by atoms with Gasteiger partial charge in [-0.15, -0.1) is 0 Å². The van der Waals surface area contributed by atoms with Crippen LogP contribution in [0.4, 0.5) is 0 Å². The van der Waals surface area contributed by atoms with E-state index in [1.165, 1.54) is 6.08 Å². The first kappa shape index (κ1) is 13.5. The van der Waals surface area contributed by atoms with Crippen LogP contribution in [0.5, 0.6) is 0 Å². The van der Waals surface area contributed by atoms with Gasteiger partial charge in [0.2, 0.25) is 0 Å². The molecule has 0 aliphatic rings. The third-order valence-corrected chi connectivity index (χ3v) is 2.20. The van der Waals surface area contributed by atoms with Crippen LogP contribution < -0.4 is 0 Å². The Kier molecular flexibility index (Phi) is 6.75. The summed E-state index contributed by atoms with van der Waals surface area (Å²) in [5.74, 6) is -0.300. The van der Waals surface area contributed by atoms with E-state index in [0.29, 0.717) is 13.2 Å². The predicted molar refractivity (Wildman–Crippen MR) is 67.5 cm³/mol. The zero-order valence-corrected chi connectivity index (χ0v) is 10.1. The Labute approximate surface area is 102 Å². The third kappa shape index (κ3) is 6.53. The molecule has 0 spiro atoms. The molecular weight excluding hydrogens is 216 g/mol. The molecule has 0 bridgehead atoms. The molecule has 92 valence electrons. The SMILES string of the molecule is COCCCCOC(=O)/C=C/c1ccccc1. The van der Waals surface area contributed by atoms with Crippen molar-refractivity contribution in [1.82, 2.24) is 0 Å². The number of carbonyl (C=O) groups excluding carboxylic acids is 1. The maximum Gasteiger partial charge on any atom is 0.330 e. The van der Waals surface area contributed by atoms with Gasteiger partial charge >= 0.3 is 5.97 Å². The molecule has 0 aromatic heterocycles. The second-order valence-corrected chi connectivity index (χ2v) is 3.61. The van der Waals surface area contributed by atoms with E-state index in [-0.39, 0.29) is 5.97 Å². The molecule has 0 amide bonds. The van der Waals surface area contributed by atoms with Gasteiger partial charge in [-0.05, 0) is 24.5 Å². The molecule has 0 saturated heterocycles. The van der Waals surface area contributed by atoms with Gasteiger partial charge in [-0.1, -0.05) is 30.3 Å². The molecule has 1 aromatic rings. The summed E-state index contributed by atoms with van der Waals surface area (Å²) in [6.45, 7) is 1.15. The summed E-state index contributed by atoms with van der Waals surface area (Å²) in [6.07, 6.45) is 4.94. The number of hydrogen-bond acceptors (Lipinski definition) is 3. The summed E-state index contributed by atoms with van der Waals surface area (Å²) in [6, 6.07) is 9.65. The monoisotopic (exact) mass is 234 g/mol. The lowest BCUT2D eigenvalue weighted by Gasteiger charge is -2.01. The minimum atomic E-state index is -0.300. The Balaban J connectivity index is 2.19. The number of methoxy groups -OCH3 is 1. The number of benzene rings is 1. The minimum absolute atomic E-state index is 0.300. The van der Waals surface area contributed by atoms with Gasteiger partial charge < -0.3 is 9.47 Å². The van der Waals surface area contributed by atoms with Crippen molar-refractivity contribution >= 4 is 12.0 Å². The molecule has 0 saturated carbocycles. The zero-order valence-electron chi connectivity index (χ0n) is 10.1. The standard InChI is InChI=1S/C14H18O3/c1-16-11-5-6-12-17-14(15)10-9-13-7-3-2-4-8-13/h2-4,7-10H,5-6,11-12H2,1H3/b10-9+. The maximum absolute atomic E-state index is 11.3. The highest BCUT2D eigenvalue weighted by Gasteiger charge is 1.96. The largest absolute Gasteiger partial charge is 0.463 e. The molecule has 0 N–H and O–H groups in total. The van der Waals surface area contributed by atoms with Gasteiger partial charge in [-0.3, -0.25) is 0 Å². The van der Waals surface area contributed by atoms with E-state index in [9.17, 15) is 4.79 Å². The predicted octanol–water partition coefficient (Wildman–Crippen LogP) is 2.67. The van der Waals surface area contributed by atoms with Crippen LogP contribution in [0.3, 0.4) is 0 Å². The molecule has 1 aromatic carbocycles. The highest BCUT2D eigenvalue weighted by Crippen LogP contribution is 2.01. The van der Waals surface area contributed by atoms with Crippen LogP contribution in [0.15, 0.2) is 36.4 Å². The van der Waals surface area contributed by atoms with E-state index in [2.05, 4.69) is 0 Å². The van der Waals surface area contributed by atoms with Gasteiger partial charge in [0.1, 0.15) is 0 Å². The molecule has 3 nitrogen and oxygen atoms in total. The number of carbonyl (C=O) groups is 1. The summed E-state index contributed by atoms with van der Waals surface area (Å²) in [5.41, 5.74) is 0.990. The Bertz CT molecular complexity index is 344. The van der Waals surface area contributed by atoms with Crippen molar-refractivity contribution in [3.05, 3.63) is 42.0 Å². The summed E-state index contributed by atoms with van der Waals surface area (Å²) in [7, 11) is 1.66. The zero-order chi connectivity index (χ0) is 12.3. The van der Waals surface area contributed by atoms with Crippen LogP contribution >= 0.6 is 0 Å². The normalized spacial score (nSPS) is 10.6. The molecule has 0 aliphatic carbocycles. The van der Waals surface area contributed by atoms with Crippen LogP contribution in [0, 0.1) is 0 Å². The first-order valence-electron chi connectivity index (χ1n) is 5.72. The van der Waals surface area contributed by atoms with Crippen LogP contribution in [-0.2, 0) is 14.3 Å². The van der Waals surface area contributed by atoms with Gasteiger partial charge in [-0.25, -0.2) is 4.79 Å². The quantitative estimate of drug-likeness (QED) is 0.413. The van der Waals surface area contributed by atoms with Crippen molar-refractivity contribution in [3.8, 4) is 0 Å². The first-order valence-corrected chi connectivity index (χ1v) is 5.72. The van der Waals surface area contributed by atoms with Gasteiger partial charge in [0.05, 0.1) is 6.61 Å². The number of unbranched alkanes of at least 4 members (excludes halogenated alkanes) is 1. The second kappa shape index (κ2) is 8.53. The molecule has 0 radical (unpaired) electrons. The average Bonchev–Trinajstić information content (AvgIpc) is 2.37. The molecule has 0 aliphatic heterocycles. The van der Waals surface area contributed by atoms with Crippen LogP contribution in [0.25, 0.3) is 6.08 Å². The van der Waals surface area contributed by atoms with Crippen molar-refractivity contribution in [2.24, 2.45) is 0 Å². The maximum atomic E-state index is 11.3. The van der Waals surface area contributed by atoms with Gasteiger partial charge in [0.25, 0.3) is 0 Å². The molecule has 0 heterocycles. The number of esters is 1. The van der Waals surface area contributed by atoms with E-state index >= 15 is 0 Å². The molecule has 0 fully saturated rings. The minimum Gasteiger partial charge on any atom is -0.463 e. The Morgan fingerprint density at radius 2 is 1.88 bits per heavy atom. The van der Waals surface area contributed by atoms with E-state index < -0.39 is 0 Å². The highest BCUT2D eigenvalue weighted by atomic mass is 16.5. The van der Waals surface area contributed by atoms with Crippen molar-refractivity contribution < 1.29 is 14.3 Å². The van der Waals surface area contributed by atoms with E-state index in [0.717, 1.165) is 18.4 Å². The van der Waals surface area contributed by atoms with Gasteiger partial charge in [0.15, 0.2) is 0 Å². The van der Waals surface area contributed by atoms with Crippen molar-refractivity contribution in [3.63, 3.8) is 0 Å². The third-order valence-electron chi connectivity index (χ3n) is 2.20. The molecule has 0 unspecified atom stereocenters. The molecule has 17 heavy (non-hydrogen) atoms. The summed E-state index contributed by atoms with van der Waals surface area (Å²) >= 11 is 0. The topological polar surface area (TPSA) is 35.5 Å². The fraction of sp³-hybridized carbons (Fsp3) is 0.357. The fourth-order valence-electron chi connectivity index (χ4n) is 1.30. The van der Waals surface area contributed by atoms with Crippen LogP contribution in [0.2, 0.25) is 0 Å². The Hall–Kier alpha value is -1.61. The van der Waals surface area contributed by atoms with Crippen molar-refractivity contribution in [1.29, 1.82) is 0 Å². The van der Waals surface area contributed by atoms with E-state index in [4.69, 9.17) is 9.47 Å². The summed E-state index contributed by atoms with van der Waals surface area (Å²) < 4.78 is 9.93. The summed E-state index contributed by atoms with van der Waals surface area (Å²) in [4.78, 5) is 11.3. The lowest BCUT2D eigenvalue weighted by molar-refractivity contribution is -0.137. The number of hydrogen-bond donors (Lipinski definition) is 0. The molecule has 1 rings (SSSR count). The van der Waals surface area contributed by atoms with Crippen LogP contribution in [0.1, 0.15) is 18.4 Å². The molecule has 3 heteroatoms. The molecule has 0 atom stereocenters. The Morgan fingerprint density at radius 1 is 1.18 bits per heavy atom. The smallest absolute Gasteiger partial charge is 0.330 e. The molecular formula is C14H18O3. The lowest BCUT2D eigenvalue weighted by atomic mass is 10.2. The Morgan fingerprint density at radius 3 is 2.59 bits per heavy atom. The van der Waals surface area contributed by atoms with Crippen molar-refractivity contribution in [2.75, 3.05) is 20.3 Å². The number of rotatable bonds is 7. The number of ether oxygens (including phenoxy) is 2. The summed E-state index contributed by atoms with van der Waals surface area (Å²) in [5, 5.41) is 0. The van der Waals surface area contributed by atoms with Gasteiger partial charge in [0, 0.05) is 19.8 Å². The van der Waals surface area contributed by atoms with Crippen molar-refractivity contribution in [2.45, 2.75) is 12.8 Å². The van der Waals surface area contributed by atoms with Gasteiger partial charge in [-0.2, -0.15) is 0 Å². The van der Waals surface area contributed by atoms with E-state index in [1.807, 2.05) is 30.3 Å². The van der Waals surface area contributed by atoms with Crippen LogP contribution in [-0.4, -0.2) is 26.3 Å².